The van der Waals surface area contributed by atoms with Crippen molar-refractivity contribution in [1.82, 2.24) is 5.32 Å². The maximum Gasteiger partial charge on any atom is 0.407 e. The van der Waals surface area contributed by atoms with Gasteiger partial charge in [0.05, 0.1) is 10.4 Å². The fraction of sp³-hybridized carbons (Fsp3) is 0.615. The maximum atomic E-state index is 11.4. The van der Waals surface area contributed by atoms with Gasteiger partial charge in [-0.25, -0.2) is 4.79 Å². The Morgan fingerprint density at radius 1 is 1.50 bits per heavy atom. The first kappa shape index (κ1) is 17.2. The summed E-state index contributed by atoms with van der Waals surface area (Å²) in [7, 11) is 0. The van der Waals surface area contributed by atoms with Crippen LogP contribution in [0.1, 0.15) is 38.9 Å². The molecule has 0 fully saturated rings. The Morgan fingerprint density at radius 2 is 2.15 bits per heavy atom. The van der Waals surface area contributed by atoms with Crippen molar-refractivity contribution in [2.75, 3.05) is 6.54 Å². The smallest absolute Gasteiger partial charge is 0.407 e. The van der Waals surface area contributed by atoms with Gasteiger partial charge in [-0.1, -0.05) is 11.6 Å². The molecule has 114 valence electrons. The molecular formula is C13H20ClNO4S. The van der Waals surface area contributed by atoms with E-state index in [4.69, 9.17) is 16.3 Å². The van der Waals surface area contributed by atoms with Gasteiger partial charge in [-0.05, 0) is 38.6 Å². The average Bonchev–Trinajstić information content (AvgIpc) is 2.71. The quantitative estimate of drug-likeness (QED) is 0.779. The van der Waals surface area contributed by atoms with E-state index in [2.05, 4.69) is 5.32 Å². The monoisotopic (exact) mass is 321 g/mol. The van der Waals surface area contributed by atoms with Gasteiger partial charge in [0, 0.05) is 12.1 Å². The zero-order valence-corrected chi connectivity index (χ0v) is 13.3. The van der Waals surface area contributed by atoms with Gasteiger partial charge in [0.25, 0.3) is 0 Å². The first-order chi connectivity index (χ1) is 9.20. The van der Waals surface area contributed by atoms with Crippen molar-refractivity contribution in [3.05, 3.63) is 21.3 Å². The Balaban J connectivity index is 2.35. The van der Waals surface area contributed by atoms with Gasteiger partial charge in [0.15, 0.2) is 0 Å². The molecule has 3 N–H and O–H groups in total. The number of aliphatic hydroxyl groups excluding tert-OH is 2. The number of halogens is 1. The Morgan fingerprint density at radius 3 is 2.65 bits per heavy atom. The second-order valence-electron chi connectivity index (χ2n) is 5.38. The molecule has 1 amide bonds. The topological polar surface area (TPSA) is 78.8 Å². The van der Waals surface area contributed by atoms with Gasteiger partial charge in [0.1, 0.15) is 11.7 Å². The van der Waals surface area contributed by atoms with Gasteiger partial charge in [-0.15, -0.1) is 11.3 Å². The van der Waals surface area contributed by atoms with Gasteiger partial charge in [0.2, 0.25) is 0 Å². The van der Waals surface area contributed by atoms with Crippen molar-refractivity contribution in [2.45, 2.75) is 45.0 Å². The third-order valence-corrected chi connectivity index (χ3v) is 3.64. The second-order valence-corrected chi connectivity index (χ2v) is 6.90. The summed E-state index contributed by atoms with van der Waals surface area (Å²) >= 11 is 7.18. The Labute approximate surface area is 127 Å². The van der Waals surface area contributed by atoms with Crippen LogP contribution in [0, 0.1) is 0 Å². The van der Waals surface area contributed by atoms with Crippen LogP contribution in [0.25, 0.3) is 0 Å². The summed E-state index contributed by atoms with van der Waals surface area (Å²) in [6, 6.07) is 1.67. The van der Waals surface area contributed by atoms with Crippen molar-refractivity contribution in [3.8, 4) is 0 Å². The lowest BCUT2D eigenvalue weighted by Gasteiger charge is -2.21. The largest absolute Gasteiger partial charge is 0.444 e. The number of carbonyl (C=O) groups is 1. The van der Waals surface area contributed by atoms with Crippen LogP contribution < -0.4 is 5.32 Å². The highest BCUT2D eigenvalue weighted by Crippen LogP contribution is 2.30. The molecule has 0 aromatic carbocycles. The summed E-state index contributed by atoms with van der Waals surface area (Å²) in [6.45, 7) is 5.51. The normalized spacial score (nSPS) is 14.7. The fourth-order valence-corrected chi connectivity index (χ4v) is 2.50. The van der Waals surface area contributed by atoms with Crippen molar-refractivity contribution in [3.63, 3.8) is 0 Å². The fourth-order valence-electron chi connectivity index (χ4n) is 1.52. The van der Waals surface area contributed by atoms with Crippen LogP contribution in [-0.4, -0.2) is 34.6 Å². The molecular weight excluding hydrogens is 302 g/mol. The highest BCUT2D eigenvalue weighted by molar-refractivity contribution is 7.14. The number of nitrogens with one attached hydrogen (secondary N) is 1. The van der Waals surface area contributed by atoms with Crippen LogP contribution in [0.3, 0.4) is 0 Å². The second kappa shape index (κ2) is 7.26. The van der Waals surface area contributed by atoms with Crippen molar-refractivity contribution < 1.29 is 19.7 Å². The van der Waals surface area contributed by atoms with E-state index < -0.39 is 23.9 Å². The lowest BCUT2D eigenvalue weighted by Crippen LogP contribution is -2.34. The number of hydrogen-bond donors (Lipinski definition) is 3. The van der Waals surface area contributed by atoms with E-state index >= 15 is 0 Å². The molecule has 1 aromatic heterocycles. The molecule has 2 unspecified atom stereocenters. The minimum Gasteiger partial charge on any atom is -0.444 e. The number of hydrogen-bond acceptors (Lipinski definition) is 5. The predicted octanol–water partition coefficient (Wildman–Crippen LogP) is 2.71. The van der Waals surface area contributed by atoms with Crippen LogP contribution in [0.2, 0.25) is 4.34 Å². The highest BCUT2D eigenvalue weighted by Gasteiger charge is 2.22. The molecule has 0 aliphatic rings. The van der Waals surface area contributed by atoms with E-state index in [-0.39, 0.29) is 13.0 Å². The molecule has 7 heteroatoms. The van der Waals surface area contributed by atoms with Gasteiger partial charge in [-0.3, -0.25) is 0 Å². The number of rotatable bonds is 5. The molecule has 1 rings (SSSR count). The molecule has 0 bridgehead atoms. The molecule has 0 saturated heterocycles. The predicted molar refractivity (Wildman–Crippen MR) is 79.1 cm³/mol. The van der Waals surface area contributed by atoms with E-state index in [1.54, 1.807) is 32.2 Å². The average molecular weight is 322 g/mol. The maximum absolute atomic E-state index is 11.4. The molecule has 0 aliphatic carbocycles. The van der Waals surface area contributed by atoms with Crippen molar-refractivity contribution in [2.24, 2.45) is 0 Å². The number of aliphatic hydroxyl groups is 2. The van der Waals surface area contributed by atoms with Crippen LogP contribution in [0.4, 0.5) is 4.79 Å². The van der Waals surface area contributed by atoms with Crippen molar-refractivity contribution in [1.29, 1.82) is 0 Å². The van der Waals surface area contributed by atoms with Crippen LogP contribution in [0.15, 0.2) is 11.4 Å². The summed E-state index contributed by atoms with van der Waals surface area (Å²) < 4.78 is 5.51. The molecule has 0 spiro atoms. The third-order valence-electron chi connectivity index (χ3n) is 2.44. The SMILES string of the molecule is CC(C)(C)OC(=O)NCCC(O)C(O)c1ccsc1Cl. The minimum absolute atomic E-state index is 0.201. The number of thiophene rings is 1. The zero-order chi connectivity index (χ0) is 15.3. The third kappa shape index (κ3) is 5.66. The van der Waals surface area contributed by atoms with E-state index in [1.807, 2.05) is 0 Å². The molecule has 0 saturated carbocycles. The first-order valence-corrected chi connectivity index (χ1v) is 7.52. The van der Waals surface area contributed by atoms with Crippen LogP contribution in [0.5, 0.6) is 0 Å². The molecule has 1 aromatic rings. The summed E-state index contributed by atoms with van der Waals surface area (Å²) in [6.07, 6.45) is -2.41. The summed E-state index contributed by atoms with van der Waals surface area (Å²) in [5, 5.41) is 24.1. The lowest BCUT2D eigenvalue weighted by molar-refractivity contribution is 0.0126. The van der Waals surface area contributed by atoms with E-state index in [1.165, 1.54) is 11.3 Å². The van der Waals surface area contributed by atoms with E-state index in [0.717, 1.165) is 0 Å². The highest BCUT2D eigenvalue weighted by atomic mass is 35.5. The van der Waals surface area contributed by atoms with Gasteiger partial charge >= 0.3 is 6.09 Å². The Bertz CT molecular complexity index is 444. The van der Waals surface area contributed by atoms with Gasteiger partial charge < -0.3 is 20.3 Å². The molecule has 2 atom stereocenters. The summed E-state index contributed by atoms with van der Waals surface area (Å²) in [5.41, 5.74) is -0.0618. The molecule has 5 nitrogen and oxygen atoms in total. The number of ether oxygens (including phenoxy) is 1. The van der Waals surface area contributed by atoms with Crippen molar-refractivity contribution >= 4 is 29.0 Å². The molecule has 0 aliphatic heterocycles. The molecule has 0 radical (unpaired) electrons. The standard InChI is InChI=1S/C13H20ClNO4S/c1-13(2,3)19-12(18)15-6-4-9(16)10(17)8-5-7-20-11(8)14/h5,7,9-10,16-17H,4,6H2,1-3H3,(H,15,18). The zero-order valence-electron chi connectivity index (χ0n) is 11.7. The number of alkyl carbamates (subject to hydrolysis) is 1. The Kier molecular flexibility index (Phi) is 6.26. The molecule has 1 heterocycles. The lowest BCUT2D eigenvalue weighted by atomic mass is 10.1. The van der Waals surface area contributed by atoms with E-state index in [0.29, 0.717) is 9.90 Å². The number of amides is 1. The Hall–Kier alpha value is -0.820. The summed E-state index contributed by atoms with van der Waals surface area (Å²) in [4.78, 5) is 11.4. The first-order valence-electron chi connectivity index (χ1n) is 6.26. The van der Waals surface area contributed by atoms with Gasteiger partial charge in [-0.2, -0.15) is 0 Å². The minimum atomic E-state index is -1.06. The van der Waals surface area contributed by atoms with E-state index in [9.17, 15) is 15.0 Å². The van der Waals surface area contributed by atoms with Crippen LogP contribution >= 0.6 is 22.9 Å². The number of carbonyl (C=O) groups excluding carboxylic acids is 1. The summed E-state index contributed by atoms with van der Waals surface area (Å²) in [5.74, 6) is 0. The van der Waals surface area contributed by atoms with Crippen LogP contribution in [-0.2, 0) is 4.74 Å². The molecule has 20 heavy (non-hydrogen) atoms.